The molecule has 0 aliphatic carbocycles. The summed E-state index contributed by atoms with van der Waals surface area (Å²) in [7, 11) is 0. The highest BCUT2D eigenvalue weighted by Crippen LogP contribution is 2.24. The van der Waals surface area contributed by atoms with Crippen LogP contribution in [-0.4, -0.2) is 28.3 Å². The van der Waals surface area contributed by atoms with E-state index in [2.05, 4.69) is 74.9 Å². The molecule has 1 fully saturated rings. The molecule has 0 unspecified atom stereocenters. The molecule has 1 aromatic heterocycles. The monoisotopic (exact) mass is 374 g/mol. The molecule has 2 aromatic carbocycles. The summed E-state index contributed by atoms with van der Waals surface area (Å²) in [5, 5.41) is 14.8. The van der Waals surface area contributed by atoms with E-state index in [4.69, 9.17) is 0 Å². The lowest BCUT2D eigenvalue weighted by Crippen LogP contribution is -2.29. The largest absolute Gasteiger partial charge is 0.372 e. The first-order valence-corrected chi connectivity index (χ1v) is 9.84. The van der Waals surface area contributed by atoms with Gasteiger partial charge in [-0.05, 0) is 74.6 Å². The van der Waals surface area contributed by atoms with E-state index < -0.39 is 0 Å². The number of aryl methyl sites for hydroxylation is 1. The van der Waals surface area contributed by atoms with Gasteiger partial charge in [-0.25, -0.2) is 0 Å². The third-order valence-corrected chi connectivity index (χ3v) is 5.27. The lowest BCUT2D eigenvalue weighted by molar-refractivity contribution is 0.578. The van der Waals surface area contributed by atoms with Crippen molar-refractivity contribution >= 4 is 28.8 Å². The zero-order chi connectivity index (χ0) is 19.3. The Morgan fingerprint density at radius 2 is 1.68 bits per heavy atom. The average Bonchev–Trinajstić information content (AvgIpc) is 2.73. The highest BCUT2D eigenvalue weighted by Gasteiger charge is 2.11. The molecule has 4 rings (SSSR count). The van der Waals surface area contributed by atoms with Crippen LogP contribution in [0.15, 0.2) is 48.7 Å². The van der Waals surface area contributed by atoms with Crippen LogP contribution >= 0.6 is 0 Å². The van der Waals surface area contributed by atoms with E-state index in [1.807, 2.05) is 12.1 Å². The molecule has 0 radical (unpaired) electrons. The Kier molecular flexibility index (Phi) is 5.37. The lowest BCUT2D eigenvalue weighted by atomic mass is 10.1. The molecule has 1 saturated heterocycles. The Labute approximate surface area is 166 Å². The first-order valence-electron chi connectivity index (χ1n) is 9.84. The number of piperidine rings is 1. The third kappa shape index (κ3) is 4.22. The van der Waals surface area contributed by atoms with Crippen LogP contribution in [-0.2, 0) is 0 Å². The number of benzene rings is 2. The zero-order valence-electron chi connectivity index (χ0n) is 16.4. The van der Waals surface area contributed by atoms with Crippen LogP contribution in [0.3, 0.4) is 0 Å². The van der Waals surface area contributed by atoms with Gasteiger partial charge in [0.15, 0.2) is 5.82 Å². The topological polar surface area (TPSA) is 66.0 Å². The molecule has 3 aromatic rings. The van der Waals surface area contributed by atoms with E-state index >= 15 is 0 Å². The fourth-order valence-corrected chi connectivity index (χ4v) is 3.48. The van der Waals surface area contributed by atoms with Gasteiger partial charge >= 0.3 is 0 Å². The number of nitrogens with one attached hydrogen (secondary N) is 2. The molecule has 6 heteroatoms. The summed E-state index contributed by atoms with van der Waals surface area (Å²) in [6, 6.07) is 14.6. The van der Waals surface area contributed by atoms with Gasteiger partial charge in [0.05, 0.1) is 6.20 Å². The van der Waals surface area contributed by atoms with Crippen molar-refractivity contribution in [1.82, 2.24) is 15.2 Å². The van der Waals surface area contributed by atoms with Crippen molar-refractivity contribution < 1.29 is 0 Å². The second kappa shape index (κ2) is 8.25. The Hall–Kier alpha value is -3.15. The van der Waals surface area contributed by atoms with E-state index in [9.17, 15) is 0 Å². The molecule has 0 amide bonds. The van der Waals surface area contributed by atoms with Crippen molar-refractivity contribution in [2.24, 2.45) is 0 Å². The van der Waals surface area contributed by atoms with Crippen LogP contribution in [0.4, 0.5) is 28.8 Å². The highest BCUT2D eigenvalue weighted by molar-refractivity contribution is 5.63. The molecule has 0 saturated carbocycles. The number of rotatable bonds is 5. The minimum atomic E-state index is 0.473. The minimum Gasteiger partial charge on any atom is -0.372 e. The lowest BCUT2D eigenvalue weighted by Gasteiger charge is -2.28. The second-order valence-electron chi connectivity index (χ2n) is 7.26. The SMILES string of the molecule is Cc1cccc(Nc2cnnc(Nc3ccc(N4CCCCC4)cc3)n2)c1C. The van der Waals surface area contributed by atoms with Gasteiger partial charge in [0.25, 0.3) is 0 Å². The summed E-state index contributed by atoms with van der Waals surface area (Å²) in [5.74, 6) is 1.14. The highest BCUT2D eigenvalue weighted by atomic mass is 15.3. The summed E-state index contributed by atoms with van der Waals surface area (Å²) in [5.41, 5.74) is 5.68. The molecule has 2 heterocycles. The van der Waals surface area contributed by atoms with E-state index in [0.717, 1.165) is 24.5 Å². The van der Waals surface area contributed by atoms with Gasteiger partial charge in [0.2, 0.25) is 5.95 Å². The molecule has 28 heavy (non-hydrogen) atoms. The molecular formula is C22H26N6. The van der Waals surface area contributed by atoms with E-state index in [-0.39, 0.29) is 0 Å². The molecule has 144 valence electrons. The smallest absolute Gasteiger partial charge is 0.249 e. The fourth-order valence-electron chi connectivity index (χ4n) is 3.48. The molecule has 0 spiro atoms. The van der Waals surface area contributed by atoms with Gasteiger partial charge in [-0.1, -0.05) is 12.1 Å². The third-order valence-electron chi connectivity index (χ3n) is 5.27. The van der Waals surface area contributed by atoms with E-state index in [0.29, 0.717) is 11.8 Å². The molecule has 0 atom stereocenters. The quantitative estimate of drug-likeness (QED) is 0.657. The Bertz CT molecular complexity index is 932. The molecule has 0 bridgehead atoms. The van der Waals surface area contributed by atoms with Crippen molar-refractivity contribution in [2.45, 2.75) is 33.1 Å². The van der Waals surface area contributed by atoms with Gasteiger partial charge < -0.3 is 15.5 Å². The standard InChI is InChI=1S/C22H26N6/c1-16-7-6-8-20(17(16)2)25-21-15-23-27-22(26-21)24-18-9-11-19(12-10-18)28-13-4-3-5-14-28/h6-12,15H,3-5,13-14H2,1-2H3,(H2,24,25,26,27). The van der Waals surface area contributed by atoms with Crippen molar-refractivity contribution in [2.75, 3.05) is 28.6 Å². The molecular weight excluding hydrogens is 348 g/mol. The molecule has 6 nitrogen and oxygen atoms in total. The van der Waals surface area contributed by atoms with Gasteiger partial charge in [-0.15, -0.1) is 5.10 Å². The maximum absolute atomic E-state index is 4.54. The first-order chi connectivity index (χ1) is 13.7. The summed E-state index contributed by atoms with van der Waals surface area (Å²) in [6.07, 6.45) is 5.53. The number of anilines is 5. The number of aromatic nitrogens is 3. The van der Waals surface area contributed by atoms with Crippen LogP contribution in [0.5, 0.6) is 0 Å². The first kappa shape index (κ1) is 18.2. The van der Waals surface area contributed by atoms with Gasteiger partial charge in [-0.2, -0.15) is 10.1 Å². The van der Waals surface area contributed by atoms with Crippen molar-refractivity contribution in [3.05, 3.63) is 59.8 Å². The Balaban J connectivity index is 1.45. The van der Waals surface area contributed by atoms with Crippen LogP contribution in [0, 0.1) is 13.8 Å². The van der Waals surface area contributed by atoms with Crippen molar-refractivity contribution in [3.8, 4) is 0 Å². The summed E-state index contributed by atoms with van der Waals surface area (Å²) < 4.78 is 0. The van der Waals surface area contributed by atoms with Gasteiger partial charge in [0.1, 0.15) is 0 Å². The summed E-state index contributed by atoms with van der Waals surface area (Å²) in [4.78, 5) is 6.98. The molecule has 1 aliphatic heterocycles. The normalized spacial score (nSPS) is 14.0. The predicted molar refractivity (Wildman–Crippen MR) is 115 cm³/mol. The number of nitrogens with zero attached hydrogens (tertiary/aromatic N) is 4. The van der Waals surface area contributed by atoms with Crippen LogP contribution in [0.25, 0.3) is 0 Å². The molecule has 1 aliphatic rings. The van der Waals surface area contributed by atoms with Crippen LogP contribution in [0.2, 0.25) is 0 Å². The predicted octanol–water partition coefficient (Wildman–Crippen LogP) is 4.97. The number of hydrogen-bond acceptors (Lipinski definition) is 6. The maximum atomic E-state index is 4.54. The Morgan fingerprint density at radius 1 is 0.893 bits per heavy atom. The van der Waals surface area contributed by atoms with Crippen molar-refractivity contribution in [3.63, 3.8) is 0 Å². The fraction of sp³-hybridized carbons (Fsp3) is 0.318. The second-order valence-corrected chi connectivity index (χ2v) is 7.26. The average molecular weight is 374 g/mol. The van der Waals surface area contributed by atoms with Gasteiger partial charge in [0, 0.05) is 30.2 Å². The number of hydrogen-bond donors (Lipinski definition) is 2. The van der Waals surface area contributed by atoms with E-state index in [1.165, 1.54) is 36.1 Å². The van der Waals surface area contributed by atoms with Crippen LogP contribution < -0.4 is 15.5 Å². The minimum absolute atomic E-state index is 0.473. The van der Waals surface area contributed by atoms with Gasteiger partial charge in [-0.3, -0.25) is 0 Å². The Morgan fingerprint density at radius 3 is 2.46 bits per heavy atom. The summed E-state index contributed by atoms with van der Waals surface area (Å²) in [6.45, 7) is 6.48. The van der Waals surface area contributed by atoms with Crippen LogP contribution in [0.1, 0.15) is 30.4 Å². The maximum Gasteiger partial charge on any atom is 0.249 e. The van der Waals surface area contributed by atoms with Crippen molar-refractivity contribution in [1.29, 1.82) is 0 Å². The molecule has 2 N–H and O–H groups in total. The van der Waals surface area contributed by atoms with E-state index in [1.54, 1.807) is 6.20 Å². The summed E-state index contributed by atoms with van der Waals surface area (Å²) >= 11 is 0. The zero-order valence-corrected chi connectivity index (χ0v) is 16.4.